The van der Waals surface area contributed by atoms with Gasteiger partial charge in [0, 0.05) is 12.7 Å². The summed E-state index contributed by atoms with van der Waals surface area (Å²) < 4.78 is 8.06. The van der Waals surface area contributed by atoms with E-state index in [1.165, 1.54) is 11.8 Å². The number of rotatable bonds is 8. The summed E-state index contributed by atoms with van der Waals surface area (Å²) in [5.74, 6) is 1.50. The van der Waals surface area contributed by atoms with E-state index in [1.807, 2.05) is 44.4 Å². The molecule has 1 N–H and O–H groups in total. The Morgan fingerprint density at radius 2 is 2.00 bits per heavy atom. The number of thioether (sulfide) groups is 1. The number of carbonyl (C=O) groups excluding carboxylic acids is 1. The molecule has 7 nitrogen and oxygen atoms in total. The average Bonchev–Trinajstić information content (AvgIpc) is 3.10. The minimum atomic E-state index is -0.281. The monoisotopic (exact) mass is 445 g/mol. The summed E-state index contributed by atoms with van der Waals surface area (Å²) >= 11 is 7.30. The molecule has 0 spiro atoms. The Hall–Kier alpha value is -2.58. The lowest BCUT2D eigenvalue weighted by molar-refractivity contribution is -0.113. The average molecular weight is 446 g/mol. The maximum absolute atomic E-state index is 12.3. The number of benzene rings is 1. The third-order valence-corrected chi connectivity index (χ3v) is 5.57. The van der Waals surface area contributed by atoms with Gasteiger partial charge in [0.15, 0.2) is 22.2 Å². The van der Waals surface area contributed by atoms with Crippen molar-refractivity contribution >= 4 is 35.0 Å². The number of amides is 1. The third kappa shape index (κ3) is 5.52. The predicted molar refractivity (Wildman–Crippen MR) is 119 cm³/mol. The van der Waals surface area contributed by atoms with Gasteiger partial charge in [-0.25, -0.2) is 4.98 Å². The molecule has 0 saturated heterocycles. The van der Waals surface area contributed by atoms with Crippen molar-refractivity contribution in [3.63, 3.8) is 0 Å². The van der Waals surface area contributed by atoms with E-state index < -0.39 is 0 Å². The molecule has 0 aliphatic heterocycles. The summed E-state index contributed by atoms with van der Waals surface area (Å²) in [6.45, 7) is 8.70. The lowest BCUT2D eigenvalue weighted by Crippen LogP contribution is -2.16. The zero-order chi connectivity index (χ0) is 21.7. The Kier molecular flexibility index (Phi) is 7.33. The number of hydrogen-bond donors (Lipinski definition) is 1. The minimum Gasteiger partial charge on any atom is -0.483 e. The van der Waals surface area contributed by atoms with Crippen LogP contribution in [0.1, 0.15) is 36.9 Å². The normalized spacial score (nSPS) is 11.9. The first-order valence-corrected chi connectivity index (χ1v) is 10.9. The highest BCUT2D eigenvalue weighted by atomic mass is 35.5. The van der Waals surface area contributed by atoms with Gasteiger partial charge in [-0.05, 0) is 63.1 Å². The molecular weight excluding hydrogens is 422 g/mol. The van der Waals surface area contributed by atoms with Crippen molar-refractivity contribution < 1.29 is 9.53 Å². The lowest BCUT2D eigenvalue weighted by Gasteiger charge is -2.16. The molecule has 1 atom stereocenters. The van der Waals surface area contributed by atoms with Crippen LogP contribution < -0.4 is 10.1 Å². The summed E-state index contributed by atoms with van der Waals surface area (Å²) in [6.07, 6.45) is 1.29. The number of anilines is 1. The van der Waals surface area contributed by atoms with Crippen molar-refractivity contribution in [1.82, 2.24) is 19.7 Å². The van der Waals surface area contributed by atoms with Crippen LogP contribution in [0.2, 0.25) is 5.15 Å². The molecule has 2 aromatic heterocycles. The highest BCUT2D eigenvalue weighted by molar-refractivity contribution is 7.99. The van der Waals surface area contributed by atoms with E-state index in [4.69, 9.17) is 16.3 Å². The maximum Gasteiger partial charge on any atom is 0.234 e. The Balaban J connectivity index is 1.66. The van der Waals surface area contributed by atoms with Gasteiger partial charge in [0.2, 0.25) is 5.91 Å². The topological polar surface area (TPSA) is 81.9 Å². The number of nitrogens with one attached hydrogen (secondary N) is 1. The quantitative estimate of drug-likeness (QED) is 0.395. The summed E-state index contributed by atoms with van der Waals surface area (Å²) in [4.78, 5) is 16.2. The summed E-state index contributed by atoms with van der Waals surface area (Å²) in [5.41, 5.74) is 2.77. The molecule has 1 amide bonds. The summed E-state index contributed by atoms with van der Waals surface area (Å²) in [6, 6.07) is 9.52. The molecule has 0 fully saturated rings. The largest absolute Gasteiger partial charge is 0.483 e. The van der Waals surface area contributed by atoms with Gasteiger partial charge in [-0.2, -0.15) is 0 Å². The standard InChI is InChI=1S/C21H24ClN5O2S/c1-5-27-20(15(4)29-16-10-13(2)9-14(3)11-16)25-26-21(27)30-12-18(28)24-17-7-6-8-23-19(17)22/h6-11,15H,5,12H2,1-4H3,(H,24,28). The molecule has 3 aromatic rings. The second-order valence-electron chi connectivity index (χ2n) is 6.85. The molecule has 1 unspecified atom stereocenters. The van der Waals surface area contributed by atoms with Crippen LogP contribution in [0.15, 0.2) is 41.7 Å². The van der Waals surface area contributed by atoms with Gasteiger partial charge in [0.25, 0.3) is 0 Å². The Labute approximate surface area is 185 Å². The fraction of sp³-hybridized carbons (Fsp3) is 0.333. The van der Waals surface area contributed by atoms with Gasteiger partial charge in [0.05, 0.1) is 11.4 Å². The van der Waals surface area contributed by atoms with Crippen LogP contribution in [0.25, 0.3) is 0 Å². The summed E-state index contributed by atoms with van der Waals surface area (Å²) in [7, 11) is 0. The van der Waals surface area contributed by atoms with Crippen molar-refractivity contribution in [2.45, 2.75) is 45.5 Å². The van der Waals surface area contributed by atoms with Crippen molar-refractivity contribution in [3.8, 4) is 5.75 Å². The Bertz CT molecular complexity index is 1020. The van der Waals surface area contributed by atoms with Crippen molar-refractivity contribution in [2.24, 2.45) is 0 Å². The smallest absolute Gasteiger partial charge is 0.234 e. The van der Waals surface area contributed by atoms with E-state index in [0.717, 1.165) is 22.7 Å². The fourth-order valence-corrected chi connectivity index (χ4v) is 4.03. The molecule has 9 heteroatoms. The zero-order valence-corrected chi connectivity index (χ0v) is 18.9. The SMILES string of the molecule is CCn1c(SCC(=O)Nc2cccnc2Cl)nnc1C(C)Oc1cc(C)cc(C)c1. The number of hydrogen-bond acceptors (Lipinski definition) is 6. The number of halogens is 1. The number of aryl methyl sites for hydroxylation is 2. The second-order valence-corrected chi connectivity index (χ2v) is 8.15. The van der Waals surface area contributed by atoms with Crippen LogP contribution in [-0.2, 0) is 11.3 Å². The van der Waals surface area contributed by atoms with Crippen LogP contribution in [0.4, 0.5) is 5.69 Å². The molecule has 1 aromatic carbocycles. The highest BCUT2D eigenvalue weighted by Gasteiger charge is 2.20. The number of pyridine rings is 1. The first kappa shape index (κ1) is 22.1. The van der Waals surface area contributed by atoms with Gasteiger partial charge in [-0.3, -0.25) is 4.79 Å². The van der Waals surface area contributed by atoms with Crippen molar-refractivity contribution in [3.05, 3.63) is 58.6 Å². The molecule has 2 heterocycles. The van der Waals surface area contributed by atoms with E-state index in [9.17, 15) is 4.79 Å². The van der Waals surface area contributed by atoms with Crippen molar-refractivity contribution in [1.29, 1.82) is 0 Å². The van der Waals surface area contributed by atoms with Crippen molar-refractivity contribution in [2.75, 3.05) is 11.1 Å². The number of ether oxygens (including phenoxy) is 1. The number of nitrogens with zero attached hydrogens (tertiary/aromatic N) is 4. The molecule has 0 radical (unpaired) electrons. The lowest BCUT2D eigenvalue weighted by atomic mass is 10.1. The van der Waals surface area contributed by atoms with E-state index in [0.29, 0.717) is 17.4 Å². The summed E-state index contributed by atoms with van der Waals surface area (Å²) in [5, 5.41) is 12.2. The van der Waals surface area contributed by atoms with E-state index >= 15 is 0 Å². The van der Waals surface area contributed by atoms with E-state index in [1.54, 1.807) is 18.3 Å². The van der Waals surface area contributed by atoms with Gasteiger partial charge < -0.3 is 14.6 Å². The number of aromatic nitrogens is 4. The predicted octanol–water partition coefficient (Wildman–Crippen LogP) is 4.83. The molecule has 3 rings (SSSR count). The van der Waals surface area contributed by atoms with Crippen LogP contribution >= 0.6 is 23.4 Å². The van der Waals surface area contributed by atoms with E-state index in [2.05, 4.69) is 26.6 Å². The van der Waals surface area contributed by atoms with Crippen LogP contribution in [-0.4, -0.2) is 31.4 Å². The van der Waals surface area contributed by atoms with Gasteiger partial charge in [0.1, 0.15) is 5.75 Å². The molecule has 0 aliphatic carbocycles. The molecule has 0 bridgehead atoms. The number of carbonyl (C=O) groups is 1. The van der Waals surface area contributed by atoms with Crippen LogP contribution in [0.3, 0.4) is 0 Å². The minimum absolute atomic E-state index is 0.176. The Morgan fingerprint density at radius 1 is 1.27 bits per heavy atom. The first-order chi connectivity index (χ1) is 14.4. The van der Waals surface area contributed by atoms with Gasteiger partial charge >= 0.3 is 0 Å². The molecule has 30 heavy (non-hydrogen) atoms. The molecular formula is C21H24ClN5O2S. The molecule has 0 saturated carbocycles. The van der Waals surface area contributed by atoms with Crippen LogP contribution in [0, 0.1) is 13.8 Å². The van der Waals surface area contributed by atoms with Gasteiger partial charge in [-0.1, -0.05) is 29.4 Å². The first-order valence-electron chi connectivity index (χ1n) is 9.58. The fourth-order valence-electron chi connectivity index (χ4n) is 3.06. The zero-order valence-electron chi connectivity index (χ0n) is 17.3. The van der Waals surface area contributed by atoms with Gasteiger partial charge in [-0.15, -0.1) is 10.2 Å². The molecule has 0 aliphatic rings. The third-order valence-electron chi connectivity index (χ3n) is 4.30. The highest BCUT2D eigenvalue weighted by Crippen LogP contribution is 2.26. The van der Waals surface area contributed by atoms with E-state index in [-0.39, 0.29) is 22.9 Å². The maximum atomic E-state index is 12.3. The van der Waals surface area contributed by atoms with Crippen LogP contribution in [0.5, 0.6) is 5.75 Å². The second kappa shape index (κ2) is 9.95. The Morgan fingerprint density at radius 3 is 2.67 bits per heavy atom. The molecule has 158 valence electrons.